The number of benzene rings is 2. The van der Waals surface area contributed by atoms with E-state index in [2.05, 4.69) is 0 Å². The van der Waals surface area contributed by atoms with Crippen LogP contribution in [0, 0.1) is 0 Å². The summed E-state index contributed by atoms with van der Waals surface area (Å²) in [7, 11) is 0. The summed E-state index contributed by atoms with van der Waals surface area (Å²) in [6, 6.07) is 15.0. The molecule has 2 rings (SSSR count). The van der Waals surface area contributed by atoms with E-state index in [1.807, 2.05) is 48.5 Å². The van der Waals surface area contributed by atoms with Crippen molar-refractivity contribution in [3.05, 3.63) is 59.1 Å². The van der Waals surface area contributed by atoms with Gasteiger partial charge in [0, 0.05) is 10.6 Å². The maximum absolute atomic E-state index is 11.9. The van der Waals surface area contributed by atoms with Crippen LogP contribution in [0.5, 0.6) is 0 Å². The molecule has 0 aliphatic rings. The third kappa shape index (κ3) is 3.39. The summed E-state index contributed by atoms with van der Waals surface area (Å²) in [5.74, 6) is -0.447. The number of hydrogen-bond donors (Lipinski definition) is 0. The second-order valence-electron chi connectivity index (χ2n) is 4.78. The molecule has 0 saturated carbocycles. The molecule has 0 N–H and O–H groups in total. The highest BCUT2D eigenvalue weighted by Crippen LogP contribution is 2.33. The number of carbonyl (C=O) groups excluding carboxylic acids is 1. The van der Waals surface area contributed by atoms with Crippen LogP contribution < -0.4 is 0 Å². The van der Waals surface area contributed by atoms with E-state index in [9.17, 15) is 4.79 Å². The normalized spacial score (nSPS) is 13.5. The lowest BCUT2D eigenvalue weighted by atomic mass is 9.97. The summed E-state index contributed by atoms with van der Waals surface area (Å²) in [5, 5.41) is 0.685. The summed E-state index contributed by atoms with van der Waals surface area (Å²) < 4.78 is 5.00. The molecule has 2 nitrogen and oxygen atoms in total. The molecule has 0 aliphatic heterocycles. The highest BCUT2D eigenvalue weighted by molar-refractivity contribution is 6.34. The van der Waals surface area contributed by atoms with Gasteiger partial charge in [-0.05, 0) is 31.0 Å². The molecule has 0 aliphatic carbocycles. The first kappa shape index (κ1) is 15.9. The van der Waals surface area contributed by atoms with Gasteiger partial charge in [-0.2, -0.15) is 0 Å². The Morgan fingerprint density at radius 1 is 1.14 bits per heavy atom. The number of rotatable bonds is 4. The van der Waals surface area contributed by atoms with Crippen molar-refractivity contribution < 1.29 is 9.53 Å². The highest BCUT2D eigenvalue weighted by atomic mass is 35.5. The fourth-order valence-corrected chi connectivity index (χ4v) is 2.47. The zero-order chi connectivity index (χ0) is 15.5. The smallest absolute Gasteiger partial charge is 0.331 e. The maximum atomic E-state index is 11.9. The van der Waals surface area contributed by atoms with Crippen LogP contribution in [0.4, 0.5) is 0 Å². The van der Waals surface area contributed by atoms with Crippen molar-refractivity contribution >= 4 is 29.2 Å². The van der Waals surface area contributed by atoms with E-state index >= 15 is 0 Å². The number of ether oxygens (including phenoxy) is 1. The van der Waals surface area contributed by atoms with Gasteiger partial charge >= 0.3 is 5.97 Å². The molecule has 0 amide bonds. The number of esters is 1. The van der Waals surface area contributed by atoms with Crippen molar-refractivity contribution in [3.8, 4) is 11.1 Å². The van der Waals surface area contributed by atoms with E-state index in [1.54, 1.807) is 13.8 Å². The highest BCUT2D eigenvalue weighted by Gasteiger charge is 2.34. The Hall–Kier alpha value is -1.51. The average molecular weight is 323 g/mol. The number of hydrogen-bond acceptors (Lipinski definition) is 2. The largest absolute Gasteiger partial charge is 0.464 e. The molecule has 0 bridgehead atoms. The third-order valence-corrected chi connectivity index (χ3v) is 3.97. The number of halogens is 2. The summed E-state index contributed by atoms with van der Waals surface area (Å²) in [4.78, 5) is 10.7. The Balaban J connectivity index is 2.31. The van der Waals surface area contributed by atoms with Gasteiger partial charge < -0.3 is 4.74 Å². The average Bonchev–Trinajstić information content (AvgIpc) is 2.48. The molecule has 21 heavy (non-hydrogen) atoms. The molecule has 0 aromatic heterocycles. The zero-order valence-electron chi connectivity index (χ0n) is 11.9. The second kappa shape index (κ2) is 6.50. The molecule has 1 unspecified atom stereocenters. The first-order valence-corrected chi connectivity index (χ1v) is 7.44. The van der Waals surface area contributed by atoms with Crippen LogP contribution in [0.3, 0.4) is 0 Å². The Morgan fingerprint density at radius 3 is 2.33 bits per heavy atom. The molecular formula is C17H16Cl2O2. The van der Waals surface area contributed by atoms with Gasteiger partial charge in [0.2, 0.25) is 0 Å². The lowest BCUT2D eigenvalue weighted by Crippen LogP contribution is -2.28. The van der Waals surface area contributed by atoms with E-state index < -0.39 is 10.8 Å². The quantitative estimate of drug-likeness (QED) is 0.583. The van der Waals surface area contributed by atoms with Gasteiger partial charge in [0.15, 0.2) is 4.87 Å². The molecule has 0 radical (unpaired) electrons. The Morgan fingerprint density at radius 2 is 1.76 bits per heavy atom. The van der Waals surface area contributed by atoms with Crippen molar-refractivity contribution in [1.82, 2.24) is 0 Å². The first-order chi connectivity index (χ1) is 9.96. The van der Waals surface area contributed by atoms with Gasteiger partial charge in [-0.3, -0.25) is 0 Å². The molecular weight excluding hydrogens is 307 g/mol. The van der Waals surface area contributed by atoms with E-state index in [-0.39, 0.29) is 0 Å². The maximum Gasteiger partial charge on any atom is 0.331 e. The van der Waals surface area contributed by atoms with Crippen molar-refractivity contribution in [2.75, 3.05) is 6.61 Å². The van der Waals surface area contributed by atoms with Gasteiger partial charge in [-0.15, -0.1) is 11.6 Å². The van der Waals surface area contributed by atoms with E-state index in [4.69, 9.17) is 27.9 Å². The Kier molecular flexibility index (Phi) is 4.92. The fraction of sp³-hybridized carbons (Fsp3) is 0.235. The number of alkyl halides is 1. The summed E-state index contributed by atoms with van der Waals surface area (Å²) in [6.45, 7) is 3.70. The molecule has 1 atom stereocenters. The molecule has 110 valence electrons. The van der Waals surface area contributed by atoms with Crippen molar-refractivity contribution in [2.24, 2.45) is 0 Å². The Bertz CT molecular complexity index is 633. The van der Waals surface area contributed by atoms with Crippen LogP contribution in [0.25, 0.3) is 11.1 Å². The minimum atomic E-state index is -1.19. The van der Waals surface area contributed by atoms with Crippen LogP contribution in [-0.2, 0) is 14.4 Å². The van der Waals surface area contributed by atoms with Gasteiger partial charge in [0.05, 0.1) is 6.61 Å². The molecule has 4 heteroatoms. The topological polar surface area (TPSA) is 26.3 Å². The van der Waals surface area contributed by atoms with Crippen LogP contribution >= 0.6 is 23.2 Å². The van der Waals surface area contributed by atoms with E-state index in [0.29, 0.717) is 17.2 Å². The van der Waals surface area contributed by atoms with Crippen molar-refractivity contribution in [3.63, 3.8) is 0 Å². The van der Waals surface area contributed by atoms with E-state index in [0.717, 1.165) is 11.1 Å². The monoisotopic (exact) mass is 322 g/mol. The van der Waals surface area contributed by atoms with Crippen molar-refractivity contribution in [2.45, 2.75) is 18.7 Å². The number of carbonyl (C=O) groups is 1. The van der Waals surface area contributed by atoms with Crippen LogP contribution in [0.2, 0.25) is 5.02 Å². The van der Waals surface area contributed by atoms with Crippen LogP contribution in [-0.4, -0.2) is 12.6 Å². The standard InChI is InChI=1S/C17H16Cl2O2/c1-3-21-16(20)17(2,19)13-10-8-12(9-11-13)14-6-4-5-7-15(14)18/h4-11H,3H2,1-2H3. The summed E-state index contributed by atoms with van der Waals surface area (Å²) in [6.07, 6.45) is 0. The molecule has 0 spiro atoms. The third-order valence-electron chi connectivity index (χ3n) is 3.27. The predicted octanol–water partition coefficient (Wildman–Crippen LogP) is 5.02. The summed E-state index contributed by atoms with van der Waals surface area (Å²) >= 11 is 12.5. The van der Waals surface area contributed by atoms with Gasteiger partial charge in [0.25, 0.3) is 0 Å². The van der Waals surface area contributed by atoms with E-state index in [1.165, 1.54) is 0 Å². The molecule has 0 heterocycles. The van der Waals surface area contributed by atoms with Gasteiger partial charge in [-0.1, -0.05) is 54.1 Å². The van der Waals surface area contributed by atoms with Crippen molar-refractivity contribution in [1.29, 1.82) is 0 Å². The van der Waals surface area contributed by atoms with Crippen LogP contribution in [0.15, 0.2) is 48.5 Å². The molecule has 0 fully saturated rings. The lowest BCUT2D eigenvalue weighted by molar-refractivity contribution is -0.146. The first-order valence-electron chi connectivity index (χ1n) is 6.68. The molecule has 2 aromatic carbocycles. The fourth-order valence-electron chi connectivity index (χ4n) is 2.04. The lowest BCUT2D eigenvalue weighted by Gasteiger charge is -2.20. The zero-order valence-corrected chi connectivity index (χ0v) is 13.4. The van der Waals surface area contributed by atoms with Gasteiger partial charge in [0.1, 0.15) is 0 Å². The predicted molar refractivity (Wildman–Crippen MR) is 86.7 cm³/mol. The Labute approximate surface area is 134 Å². The molecule has 2 aromatic rings. The molecule has 0 saturated heterocycles. The minimum absolute atomic E-state index is 0.304. The SMILES string of the molecule is CCOC(=O)C(C)(Cl)c1ccc(-c2ccccc2Cl)cc1. The minimum Gasteiger partial charge on any atom is -0.464 e. The van der Waals surface area contributed by atoms with Gasteiger partial charge in [-0.25, -0.2) is 4.79 Å². The second-order valence-corrected chi connectivity index (χ2v) is 5.94. The summed E-state index contributed by atoms with van der Waals surface area (Å²) in [5.41, 5.74) is 2.61. The van der Waals surface area contributed by atoms with Crippen LogP contribution in [0.1, 0.15) is 19.4 Å².